The summed E-state index contributed by atoms with van der Waals surface area (Å²) in [5.74, 6) is -2.34. The minimum atomic E-state index is -1.15. The molecule has 0 heterocycles. The Balaban J connectivity index is 3.11. The molecule has 1 rings (SSSR count). The second-order valence-electron chi connectivity index (χ2n) is 9.57. The quantitative estimate of drug-likeness (QED) is 0.199. The van der Waals surface area contributed by atoms with E-state index in [1.54, 1.807) is 26.0 Å². The Labute approximate surface area is 217 Å². The molecule has 0 aromatic heterocycles. The van der Waals surface area contributed by atoms with Gasteiger partial charge in [-0.25, -0.2) is 4.79 Å². The minimum absolute atomic E-state index is 0.0423. The first-order valence-corrected chi connectivity index (χ1v) is 13.4. The number of phenolic OH excluding ortho intramolecular Hbond substituents is 1. The van der Waals surface area contributed by atoms with Crippen molar-refractivity contribution in [1.29, 1.82) is 0 Å². The van der Waals surface area contributed by atoms with Gasteiger partial charge in [0.25, 0.3) is 0 Å². The van der Waals surface area contributed by atoms with Crippen molar-refractivity contribution in [1.82, 2.24) is 16.0 Å². The van der Waals surface area contributed by atoms with E-state index in [-0.39, 0.29) is 36.8 Å². The third kappa shape index (κ3) is 10.9. The maximum absolute atomic E-state index is 13.3. The highest BCUT2D eigenvalue weighted by atomic mass is 32.2. The fourth-order valence-electron chi connectivity index (χ4n) is 3.39. The van der Waals surface area contributed by atoms with Gasteiger partial charge in [-0.2, -0.15) is 11.8 Å². The molecule has 1 aromatic carbocycles. The zero-order chi connectivity index (χ0) is 27.4. The molecule has 0 bridgehead atoms. The number of hydrogen-bond donors (Lipinski definition) is 6. The van der Waals surface area contributed by atoms with Gasteiger partial charge in [-0.05, 0) is 54.4 Å². The number of carboxylic acids is 1. The van der Waals surface area contributed by atoms with Crippen LogP contribution in [-0.2, 0) is 25.6 Å². The molecule has 0 spiro atoms. The Morgan fingerprint density at radius 3 is 1.92 bits per heavy atom. The van der Waals surface area contributed by atoms with Crippen molar-refractivity contribution in [3.05, 3.63) is 29.8 Å². The lowest BCUT2D eigenvalue weighted by Gasteiger charge is -2.26. The molecule has 0 radical (unpaired) electrons. The van der Waals surface area contributed by atoms with Crippen LogP contribution >= 0.6 is 11.8 Å². The van der Waals surface area contributed by atoms with Gasteiger partial charge in [-0.15, -0.1) is 0 Å². The summed E-state index contributed by atoms with van der Waals surface area (Å²) in [4.78, 5) is 50.6. The summed E-state index contributed by atoms with van der Waals surface area (Å²) >= 11 is 1.48. The first-order valence-electron chi connectivity index (χ1n) is 12.0. The van der Waals surface area contributed by atoms with Gasteiger partial charge in [0, 0.05) is 6.42 Å². The molecule has 0 aliphatic heterocycles. The number of thioether (sulfide) groups is 1. The Hall–Kier alpha value is -2.79. The van der Waals surface area contributed by atoms with Gasteiger partial charge < -0.3 is 31.9 Å². The number of amides is 3. The van der Waals surface area contributed by atoms with Gasteiger partial charge in [0.1, 0.15) is 23.9 Å². The topological polar surface area (TPSA) is 171 Å². The molecular formula is C25H40N4O6S. The van der Waals surface area contributed by atoms with Crippen molar-refractivity contribution in [2.45, 2.75) is 71.1 Å². The molecule has 7 N–H and O–H groups in total. The number of carbonyl (C=O) groups excluding carboxylic acids is 3. The van der Waals surface area contributed by atoms with E-state index < -0.39 is 47.9 Å². The molecule has 1 aromatic rings. The molecule has 0 aliphatic rings. The van der Waals surface area contributed by atoms with Crippen LogP contribution in [-0.4, -0.2) is 70.1 Å². The standard InChI is InChI=1S/C25H40N4O6S/c1-14(2)12-20(25(34)35)29-22(31)18(10-11-36-5)27-23(32)19(28-24(33)21(26)15(3)4)13-16-6-8-17(30)9-7-16/h6-9,14-15,18-21,30H,10-13,26H2,1-5H3,(H,27,32)(H,28,33)(H,29,31)(H,34,35). The molecule has 0 aliphatic carbocycles. The van der Waals surface area contributed by atoms with Crippen LogP contribution < -0.4 is 21.7 Å². The van der Waals surface area contributed by atoms with E-state index in [9.17, 15) is 29.4 Å². The summed E-state index contributed by atoms with van der Waals surface area (Å²) in [5.41, 5.74) is 6.64. The zero-order valence-corrected chi connectivity index (χ0v) is 22.4. The first kappa shape index (κ1) is 31.2. The van der Waals surface area contributed by atoms with E-state index in [1.807, 2.05) is 20.1 Å². The molecule has 202 valence electrons. The van der Waals surface area contributed by atoms with Crippen LogP contribution in [0.4, 0.5) is 0 Å². The molecule has 3 amide bonds. The van der Waals surface area contributed by atoms with Crippen molar-refractivity contribution in [2.24, 2.45) is 17.6 Å². The van der Waals surface area contributed by atoms with Crippen LogP contribution in [0.1, 0.15) is 46.1 Å². The summed E-state index contributed by atoms with van der Waals surface area (Å²) in [6.07, 6.45) is 2.48. The summed E-state index contributed by atoms with van der Waals surface area (Å²) < 4.78 is 0. The van der Waals surface area contributed by atoms with Gasteiger partial charge >= 0.3 is 5.97 Å². The van der Waals surface area contributed by atoms with Crippen molar-refractivity contribution in [2.75, 3.05) is 12.0 Å². The van der Waals surface area contributed by atoms with Crippen LogP contribution in [0.2, 0.25) is 0 Å². The molecule has 10 nitrogen and oxygen atoms in total. The van der Waals surface area contributed by atoms with E-state index in [0.29, 0.717) is 11.3 Å². The SMILES string of the molecule is CSCCC(NC(=O)C(Cc1ccc(O)cc1)NC(=O)C(N)C(C)C)C(=O)NC(CC(C)C)C(=O)O. The van der Waals surface area contributed by atoms with Crippen molar-refractivity contribution in [3.63, 3.8) is 0 Å². The fraction of sp³-hybridized carbons (Fsp3) is 0.600. The molecule has 0 saturated heterocycles. The van der Waals surface area contributed by atoms with Crippen molar-refractivity contribution in [3.8, 4) is 5.75 Å². The van der Waals surface area contributed by atoms with E-state index in [0.717, 1.165) is 0 Å². The van der Waals surface area contributed by atoms with Crippen molar-refractivity contribution >= 4 is 35.5 Å². The normalized spacial score (nSPS) is 14.6. The molecule has 4 atom stereocenters. The van der Waals surface area contributed by atoms with Crippen LogP contribution in [0.3, 0.4) is 0 Å². The molecule has 4 unspecified atom stereocenters. The smallest absolute Gasteiger partial charge is 0.326 e. The number of aromatic hydroxyl groups is 1. The molecule has 0 fully saturated rings. The van der Waals surface area contributed by atoms with Gasteiger partial charge in [0.05, 0.1) is 6.04 Å². The molecule has 36 heavy (non-hydrogen) atoms. The number of rotatable bonds is 15. The van der Waals surface area contributed by atoms with Gasteiger partial charge in [0.15, 0.2) is 0 Å². The number of nitrogens with two attached hydrogens (primary N) is 1. The Morgan fingerprint density at radius 2 is 1.42 bits per heavy atom. The van der Waals surface area contributed by atoms with Crippen LogP contribution in [0, 0.1) is 11.8 Å². The van der Waals surface area contributed by atoms with E-state index in [1.165, 1.54) is 23.9 Å². The first-order chi connectivity index (χ1) is 16.8. The third-order valence-electron chi connectivity index (χ3n) is 5.60. The largest absolute Gasteiger partial charge is 0.508 e. The van der Waals surface area contributed by atoms with Gasteiger partial charge in [-0.3, -0.25) is 14.4 Å². The summed E-state index contributed by atoms with van der Waals surface area (Å²) in [6.45, 7) is 7.29. The van der Waals surface area contributed by atoms with E-state index in [2.05, 4.69) is 16.0 Å². The Kier molecular flexibility index (Phi) is 13.3. The van der Waals surface area contributed by atoms with Gasteiger partial charge in [0.2, 0.25) is 17.7 Å². The average Bonchev–Trinajstić information content (AvgIpc) is 2.80. The number of hydrogen-bond acceptors (Lipinski definition) is 7. The number of carbonyl (C=O) groups is 4. The van der Waals surface area contributed by atoms with Gasteiger partial charge in [-0.1, -0.05) is 39.8 Å². The second kappa shape index (κ2) is 15.4. The highest BCUT2D eigenvalue weighted by Gasteiger charge is 2.31. The average molecular weight is 525 g/mol. The number of aliphatic carboxylic acids is 1. The molecular weight excluding hydrogens is 484 g/mol. The van der Waals surface area contributed by atoms with Crippen LogP contribution in [0.15, 0.2) is 24.3 Å². The number of carboxylic acid groups (broad SMARTS) is 1. The van der Waals surface area contributed by atoms with Crippen LogP contribution in [0.25, 0.3) is 0 Å². The van der Waals surface area contributed by atoms with Crippen LogP contribution in [0.5, 0.6) is 5.75 Å². The molecule has 0 saturated carbocycles. The molecule has 11 heteroatoms. The predicted molar refractivity (Wildman–Crippen MR) is 141 cm³/mol. The number of phenols is 1. The summed E-state index contributed by atoms with van der Waals surface area (Å²) in [6, 6.07) is 2.27. The number of nitrogens with one attached hydrogen (secondary N) is 3. The summed E-state index contributed by atoms with van der Waals surface area (Å²) in [7, 11) is 0. The zero-order valence-electron chi connectivity index (χ0n) is 21.6. The maximum Gasteiger partial charge on any atom is 0.326 e. The number of benzene rings is 1. The fourth-order valence-corrected chi connectivity index (χ4v) is 3.86. The monoisotopic (exact) mass is 524 g/mol. The lowest BCUT2D eigenvalue weighted by Crippen LogP contribution is -2.58. The predicted octanol–water partition coefficient (Wildman–Crippen LogP) is 1.26. The highest BCUT2D eigenvalue weighted by Crippen LogP contribution is 2.13. The lowest BCUT2D eigenvalue weighted by molar-refractivity contribution is -0.142. The minimum Gasteiger partial charge on any atom is -0.508 e. The summed E-state index contributed by atoms with van der Waals surface area (Å²) in [5, 5.41) is 27.0. The second-order valence-corrected chi connectivity index (χ2v) is 10.6. The van der Waals surface area contributed by atoms with Crippen molar-refractivity contribution < 1.29 is 29.4 Å². The Bertz CT molecular complexity index is 878. The maximum atomic E-state index is 13.3. The third-order valence-corrected chi connectivity index (χ3v) is 6.24. The highest BCUT2D eigenvalue weighted by molar-refractivity contribution is 7.98. The Morgan fingerprint density at radius 1 is 0.889 bits per heavy atom. The van der Waals surface area contributed by atoms with E-state index in [4.69, 9.17) is 5.73 Å². The lowest BCUT2D eigenvalue weighted by atomic mass is 10.0. The van der Waals surface area contributed by atoms with E-state index >= 15 is 0 Å².